The third-order valence-electron chi connectivity index (χ3n) is 3.64. The summed E-state index contributed by atoms with van der Waals surface area (Å²) in [6.07, 6.45) is -6.20. The van der Waals surface area contributed by atoms with Gasteiger partial charge in [0.25, 0.3) is 0 Å². The number of alkyl halides is 3. The molecule has 0 aromatic heterocycles. The van der Waals surface area contributed by atoms with Crippen LogP contribution in [0.25, 0.3) is 0 Å². The van der Waals surface area contributed by atoms with Crippen LogP contribution in [0.2, 0.25) is 0 Å². The van der Waals surface area contributed by atoms with Crippen molar-refractivity contribution in [2.75, 3.05) is 13.2 Å². The molecule has 0 bridgehead atoms. The summed E-state index contributed by atoms with van der Waals surface area (Å²) in [5.41, 5.74) is 0. The van der Waals surface area contributed by atoms with Crippen LogP contribution in [-0.4, -0.2) is 79.9 Å². The largest absolute Gasteiger partial charge is 0.463 e. The van der Waals surface area contributed by atoms with Crippen LogP contribution < -0.4 is 4.72 Å². The van der Waals surface area contributed by atoms with Gasteiger partial charge in [0, 0.05) is 27.7 Å². The fraction of sp³-hybridized carbons (Fsp3) is 0.750. The van der Waals surface area contributed by atoms with Gasteiger partial charge >= 0.3 is 34.2 Å². The number of hydrogen-bond acceptors (Lipinski definition) is 12. The van der Waals surface area contributed by atoms with E-state index in [1.165, 1.54) is 0 Å². The molecule has 1 aliphatic rings. The lowest BCUT2D eigenvalue weighted by Crippen LogP contribution is -2.67. The number of carbonyl (C=O) groups excluding carboxylic acids is 4. The zero-order valence-electron chi connectivity index (χ0n) is 17.7. The van der Waals surface area contributed by atoms with E-state index >= 15 is 0 Å². The number of rotatable bonds is 9. The van der Waals surface area contributed by atoms with Crippen LogP contribution in [0.1, 0.15) is 27.7 Å². The summed E-state index contributed by atoms with van der Waals surface area (Å²) in [5.74, 6) is -3.42. The second-order valence-electron chi connectivity index (χ2n) is 6.58. The summed E-state index contributed by atoms with van der Waals surface area (Å²) < 4.78 is 55.0. The first-order valence-corrected chi connectivity index (χ1v) is 11.6. The second-order valence-corrected chi connectivity index (χ2v) is 10.5. The smallest absolute Gasteiger partial charge is 0.336 e. The number of esters is 4. The molecule has 1 fully saturated rings. The fourth-order valence-corrected chi connectivity index (χ4v) is 3.97. The number of carbonyl (C=O) groups is 4. The quantitative estimate of drug-likeness (QED) is 0.233. The molecule has 1 rings (SSSR count). The molecular formula is C16H22Cl3NO12S. The number of hydrogen-bond donors (Lipinski definition) is 1. The molecule has 0 saturated carbocycles. The molecule has 0 aromatic carbocycles. The molecule has 17 heteroatoms. The van der Waals surface area contributed by atoms with Gasteiger partial charge < -0.3 is 23.7 Å². The molecular weight excluding hydrogens is 537 g/mol. The summed E-state index contributed by atoms with van der Waals surface area (Å²) in [6.45, 7) is 2.68. The number of nitrogens with one attached hydrogen (secondary N) is 1. The lowest BCUT2D eigenvalue weighted by Gasteiger charge is -2.44. The molecule has 0 aliphatic carbocycles. The summed E-state index contributed by atoms with van der Waals surface area (Å²) in [6, 6.07) is -1.70. The van der Waals surface area contributed by atoms with Crippen molar-refractivity contribution in [2.24, 2.45) is 0 Å². The molecule has 1 aliphatic heterocycles. The van der Waals surface area contributed by atoms with E-state index in [1.807, 2.05) is 4.72 Å². The lowest BCUT2D eigenvalue weighted by atomic mass is 9.97. The van der Waals surface area contributed by atoms with Crippen LogP contribution in [0.4, 0.5) is 0 Å². The first kappa shape index (κ1) is 29.6. The highest BCUT2D eigenvalue weighted by Gasteiger charge is 2.53. The molecule has 190 valence electrons. The summed E-state index contributed by atoms with van der Waals surface area (Å²) in [7, 11) is -4.74. The van der Waals surface area contributed by atoms with E-state index in [-0.39, 0.29) is 0 Å². The minimum Gasteiger partial charge on any atom is -0.463 e. The maximum atomic E-state index is 12.4. The normalized spacial score (nSPS) is 25.6. The van der Waals surface area contributed by atoms with Gasteiger partial charge in [-0.05, 0) is 0 Å². The predicted molar refractivity (Wildman–Crippen MR) is 110 cm³/mol. The van der Waals surface area contributed by atoms with Crippen LogP contribution in [0, 0.1) is 0 Å². The molecule has 33 heavy (non-hydrogen) atoms. The molecule has 1 N–H and O–H groups in total. The summed E-state index contributed by atoms with van der Waals surface area (Å²) in [5, 5.41) is 0. The minimum atomic E-state index is -4.74. The van der Waals surface area contributed by atoms with Crippen molar-refractivity contribution in [3.8, 4) is 0 Å². The first-order valence-electron chi connectivity index (χ1n) is 9.04. The topological polar surface area (TPSA) is 170 Å². The molecule has 5 atom stereocenters. The Balaban J connectivity index is 3.40. The van der Waals surface area contributed by atoms with E-state index in [0.717, 1.165) is 27.7 Å². The molecule has 13 nitrogen and oxygen atoms in total. The highest BCUT2D eigenvalue weighted by molar-refractivity contribution is 7.84. The Hall–Kier alpha value is -1.42. The zero-order chi connectivity index (χ0) is 25.6. The average Bonchev–Trinajstić information content (AvgIpc) is 2.61. The molecule has 0 unspecified atom stereocenters. The Labute approximate surface area is 204 Å². The second kappa shape index (κ2) is 12.3. The molecule has 1 saturated heterocycles. The molecule has 0 aromatic rings. The van der Waals surface area contributed by atoms with E-state index in [2.05, 4.69) is 4.18 Å². The fourth-order valence-electron chi connectivity index (χ4n) is 2.64. The van der Waals surface area contributed by atoms with Crippen molar-refractivity contribution in [1.82, 2.24) is 4.72 Å². The highest BCUT2D eigenvalue weighted by atomic mass is 35.6. The zero-order valence-corrected chi connectivity index (χ0v) is 20.8. The molecule has 0 amide bonds. The monoisotopic (exact) mass is 557 g/mol. The van der Waals surface area contributed by atoms with E-state index in [4.69, 9.17) is 58.5 Å². The van der Waals surface area contributed by atoms with E-state index in [9.17, 15) is 27.6 Å². The standard InChI is InChI=1S/C16H22Cl3NO12S/c1-7(21)27-5-11-13(29-8(2)22)14(30-9(3)23)12(15(32-11)31-10(4)24)20-33(25,26)28-6-16(17,18)19/h11-15,20H,5-6H2,1-4H3/t11-,12+,13-,14-,15+/m1/s1. The van der Waals surface area contributed by atoms with Gasteiger partial charge in [0.05, 0.1) is 0 Å². The Morgan fingerprint density at radius 3 is 1.85 bits per heavy atom. The number of ether oxygens (including phenoxy) is 5. The predicted octanol–water partition coefficient (Wildman–Crippen LogP) is 0.291. The maximum absolute atomic E-state index is 12.4. The van der Waals surface area contributed by atoms with Crippen molar-refractivity contribution >= 4 is 69.0 Å². The van der Waals surface area contributed by atoms with Crippen LogP contribution in [-0.2, 0) is 57.3 Å². The first-order chi connectivity index (χ1) is 15.0. The van der Waals surface area contributed by atoms with Gasteiger partial charge in [0.1, 0.15) is 25.4 Å². The lowest BCUT2D eigenvalue weighted by molar-refractivity contribution is -0.269. The highest BCUT2D eigenvalue weighted by Crippen LogP contribution is 2.30. The van der Waals surface area contributed by atoms with Crippen molar-refractivity contribution in [3.63, 3.8) is 0 Å². The third-order valence-corrected chi connectivity index (χ3v) is 4.96. The Bertz CT molecular complexity index is 846. The van der Waals surface area contributed by atoms with Crippen LogP contribution in [0.5, 0.6) is 0 Å². The van der Waals surface area contributed by atoms with Gasteiger partial charge in [-0.1, -0.05) is 34.8 Å². The third kappa shape index (κ3) is 11.0. The Morgan fingerprint density at radius 1 is 0.879 bits per heavy atom. The van der Waals surface area contributed by atoms with Gasteiger partial charge in [-0.3, -0.25) is 23.4 Å². The maximum Gasteiger partial charge on any atom is 0.336 e. The van der Waals surface area contributed by atoms with Gasteiger partial charge in [-0.15, -0.1) is 0 Å². The van der Waals surface area contributed by atoms with Crippen LogP contribution in [0.3, 0.4) is 0 Å². The van der Waals surface area contributed by atoms with Crippen molar-refractivity contribution < 1.29 is 55.5 Å². The summed E-state index contributed by atoms with van der Waals surface area (Å²) >= 11 is 16.5. The van der Waals surface area contributed by atoms with E-state index in [0.29, 0.717) is 0 Å². The van der Waals surface area contributed by atoms with Crippen LogP contribution >= 0.6 is 34.8 Å². The van der Waals surface area contributed by atoms with Gasteiger partial charge in [0.2, 0.25) is 10.1 Å². The molecule has 1 heterocycles. The van der Waals surface area contributed by atoms with E-state index in [1.54, 1.807) is 0 Å². The van der Waals surface area contributed by atoms with Crippen LogP contribution in [0.15, 0.2) is 0 Å². The average molecular weight is 559 g/mol. The van der Waals surface area contributed by atoms with Crippen molar-refractivity contribution in [2.45, 2.75) is 62.1 Å². The summed E-state index contributed by atoms with van der Waals surface area (Å²) in [4.78, 5) is 46.3. The number of halogens is 3. The Morgan fingerprint density at radius 2 is 1.39 bits per heavy atom. The van der Waals surface area contributed by atoms with Gasteiger partial charge in [0.15, 0.2) is 12.2 Å². The van der Waals surface area contributed by atoms with Gasteiger partial charge in [-0.2, -0.15) is 13.1 Å². The van der Waals surface area contributed by atoms with Crippen molar-refractivity contribution in [1.29, 1.82) is 0 Å². The molecule has 0 spiro atoms. The molecule has 0 radical (unpaired) electrons. The minimum absolute atomic E-state index is 0.522. The Kier molecular flexibility index (Phi) is 11.1. The van der Waals surface area contributed by atoms with Crippen molar-refractivity contribution in [3.05, 3.63) is 0 Å². The van der Waals surface area contributed by atoms with E-state index < -0.39 is 81.8 Å². The SMILES string of the molecule is CC(=O)OC[C@H]1O[C@H](OC(C)=O)[C@@H](NS(=O)(=O)OCC(Cl)(Cl)Cl)[C@@H](OC(C)=O)[C@@H]1OC(C)=O. The van der Waals surface area contributed by atoms with Gasteiger partial charge in [-0.25, -0.2) is 0 Å².